The fourth-order valence-corrected chi connectivity index (χ4v) is 1.88. The van der Waals surface area contributed by atoms with Gasteiger partial charge in [-0.05, 0) is 18.6 Å². The largest absolute Gasteiger partial charge is 0.489 e. The minimum absolute atomic E-state index is 0.457. The molecule has 0 saturated carbocycles. The molecule has 0 aliphatic heterocycles. The van der Waals surface area contributed by atoms with Gasteiger partial charge in [-0.25, -0.2) is 0 Å². The summed E-state index contributed by atoms with van der Waals surface area (Å²) in [4.78, 5) is 10.8. The van der Waals surface area contributed by atoms with E-state index in [4.69, 9.17) is 9.84 Å². The van der Waals surface area contributed by atoms with Crippen LogP contribution >= 0.6 is 0 Å². The van der Waals surface area contributed by atoms with Gasteiger partial charge in [0.25, 0.3) is 0 Å². The van der Waals surface area contributed by atoms with Crippen molar-refractivity contribution in [1.82, 2.24) is 5.32 Å². The molecular formula is C17H19NO3. The van der Waals surface area contributed by atoms with Crippen molar-refractivity contribution in [1.29, 1.82) is 0 Å². The zero-order chi connectivity index (χ0) is 15.1. The maximum Gasteiger partial charge on any atom is 0.320 e. The molecule has 0 spiro atoms. The van der Waals surface area contributed by atoms with E-state index < -0.39 is 12.0 Å². The van der Waals surface area contributed by atoms with Crippen LogP contribution in [-0.2, 0) is 17.9 Å². The molecule has 110 valence electrons. The number of carboxylic acid groups (broad SMARTS) is 1. The number of nitrogens with one attached hydrogen (secondary N) is 1. The molecule has 0 amide bonds. The summed E-state index contributed by atoms with van der Waals surface area (Å²) in [7, 11) is 0. The van der Waals surface area contributed by atoms with Gasteiger partial charge in [0, 0.05) is 12.1 Å². The number of ether oxygens (including phenoxy) is 1. The van der Waals surface area contributed by atoms with Crippen LogP contribution in [0.5, 0.6) is 5.75 Å². The van der Waals surface area contributed by atoms with Crippen LogP contribution in [0.15, 0.2) is 54.6 Å². The van der Waals surface area contributed by atoms with Crippen molar-refractivity contribution in [3.63, 3.8) is 0 Å². The quantitative estimate of drug-likeness (QED) is 0.821. The van der Waals surface area contributed by atoms with Gasteiger partial charge in [0.15, 0.2) is 0 Å². The highest BCUT2D eigenvalue weighted by molar-refractivity contribution is 5.72. The van der Waals surface area contributed by atoms with E-state index in [1.165, 1.54) is 0 Å². The Kier molecular flexibility index (Phi) is 5.35. The average Bonchev–Trinajstić information content (AvgIpc) is 2.52. The summed E-state index contributed by atoms with van der Waals surface area (Å²) in [6, 6.07) is 17.0. The van der Waals surface area contributed by atoms with Crippen molar-refractivity contribution in [2.45, 2.75) is 26.1 Å². The predicted octanol–water partition coefficient (Wildman–Crippen LogP) is 2.83. The Bertz CT molecular complexity index is 584. The second kappa shape index (κ2) is 7.45. The summed E-state index contributed by atoms with van der Waals surface area (Å²) in [6.45, 7) is 2.57. The Morgan fingerprint density at radius 2 is 1.81 bits per heavy atom. The Balaban J connectivity index is 1.98. The molecule has 0 radical (unpaired) electrons. The zero-order valence-corrected chi connectivity index (χ0v) is 12.0. The lowest BCUT2D eigenvalue weighted by Crippen LogP contribution is -2.33. The molecule has 2 aromatic carbocycles. The standard InChI is InChI=1S/C17H19NO3/c1-13(17(19)20)18-11-15-9-5-6-10-16(15)21-12-14-7-3-2-4-8-14/h2-10,13,18H,11-12H2,1H3,(H,19,20)/t13-/m1/s1. The Hall–Kier alpha value is -2.33. The molecule has 2 N–H and O–H groups in total. The minimum Gasteiger partial charge on any atom is -0.489 e. The first kappa shape index (κ1) is 15.1. The molecule has 0 unspecified atom stereocenters. The van der Waals surface area contributed by atoms with Gasteiger partial charge in [-0.3, -0.25) is 4.79 Å². The van der Waals surface area contributed by atoms with E-state index in [1.54, 1.807) is 6.92 Å². The van der Waals surface area contributed by atoms with E-state index in [2.05, 4.69) is 5.32 Å². The molecule has 0 saturated heterocycles. The molecule has 1 atom stereocenters. The molecule has 0 aliphatic rings. The van der Waals surface area contributed by atoms with Crippen LogP contribution in [-0.4, -0.2) is 17.1 Å². The van der Waals surface area contributed by atoms with Gasteiger partial charge in [-0.1, -0.05) is 48.5 Å². The van der Waals surface area contributed by atoms with E-state index in [-0.39, 0.29) is 0 Å². The number of para-hydroxylation sites is 1. The van der Waals surface area contributed by atoms with Gasteiger partial charge >= 0.3 is 5.97 Å². The third kappa shape index (κ3) is 4.61. The van der Waals surface area contributed by atoms with Crippen molar-refractivity contribution in [3.05, 3.63) is 65.7 Å². The summed E-state index contributed by atoms with van der Waals surface area (Å²) >= 11 is 0. The summed E-state index contributed by atoms with van der Waals surface area (Å²) in [5.74, 6) is -0.0934. The van der Waals surface area contributed by atoms with Crippen LogP contribution in [0.1, 0.15) is 18.1 Å². The lowest BCUT2D eigenvalue weighted by molar-refractivity contribution is -0.139. The van der Waals surface area contributed by atoms with E-state index in [9.17, 15) is 4.79 Å². The van der Waals surface area contributed by atoms with Crippen LogP contribution in [0.25, 0.3) is 0 Å². The highest BCUT2D eigenvalue weighted by Crippen LogP contribution is 2.19. The van der Waals surface area contributed by atoms with Crippen LogP contribution < -0.4 is 10.1 Å². The first-order valence-corrected chi connectivity index (χ1v) is 6.87. The third-order valence-corrected chi connectivity index (χ3v) is 3.18. The number of aliphatic carboxylic acids is 1. The second-order valence-electron chi connectivity index (χ2n) is 4.82. The van der Waals surface area contributed by atoms with E-state index in [0.29, 0.717) is 13.2 Å². The predicted molar refractivity (Wildman–Crippen MR) is 81.2 cm³/mol. The average molecular weight is 285 g/mol. The van der Waals surface area contributed by atoms with E-state index in [1.807, 2.05) is 54.6 Å². The van der Waals surface area contributed by atoms with Crippen LogP contribution in [0, 0.1) is 0 Å². The van der Waals surface area contributed by atoms with Crippen LogP contribution in [0.4, 0.5) is 0 Å². The molecule has 0 aliphatic carbocycles. The molecule has 2 rings (SSSR count). The Morgan fingerprint density at radius 1 is 1.14 bits per heavy atom. The van der Waals surface area contributed by atoms with Gasteiger partial charge < -0.3 is 15.2 Å². The van der Waals surface area contributed by atoms with Gasteiger partial charge in [0.05, 0.1) is 0 Å². The maximum atomic E-state index is 10.8. The first-order chi connectivity index (χ1) is 10.2. The van der Waals surface area contributed by atoms with Gasteiger partial charge in [-0.15, -0.1) is 0 Å². The highest BCUT2D eigenvalue weighted by Gasteiger charge is 2.11. The maximum absolute atomic E-state index is 10.8. The Morgan fingerprint density at radius 3 is 2.52 bits per heavy atom. The molecule has 21 heavy (non-hydrogen) atoms. The Labute approximate surface area is 124 Å². The fraction of sp³-hybridized carbons (Fsp3) is 0.235. The van der Waals surface area contributed by atoms with Crippen molar-refractivity contribution in [3.8, 4) is 5.75 Å². The number of rotatable bonds is 7. The smallest absolute Gasteiger partial charge is 0.320 e. The summed E-state index contributed by atoms with van der Waals surface area (Å²) < 4.78 is 5.83. The SMILES string of the molecule is C[C@@H](NCc1ccccc1OCc1ccccc1)C(=O)O. The molecule has 0 bridgehead atoms. The zero-order valence-electron chi connectivity index (χ0n) is 12.0. The molecule has 2 aromatic rings. The molecule has 4 heteroatoms. The van der Waals surface area contributed by atoms with E-state index in [0.717, 1.165) is 16.9 Å². The van der Waals surface area contributed by atoms with Crippen molar-refractivity contribution in [2.75, 3.05) is 0 Å². The summed E-state index contributed by atoms with van der Waals surface area (Å²) in [5, 5.41) is 11.8. The number of hydrogen-bond donors (Lipinski definition) is 2. The summed E-state index contributed by atoms with van der Waals surface area (Å²) in [6.07, 6.45) is 0. The highest BCUT2D eigenvalue weighted by atomic mass is 16.5. The number of carboxylic acids is 1. The van der Waals surface area contributed by atoms with Gasteiger partial charge in [0.2, 0.25) is 0 Å². The molecule has 0 fully saturated rings. The molecule has 0 aromatic heterocycles. The second-order valence-corrected chi connectivity index (χ2v) is 4.82. The van der Waals surface area contributed by atoms with Gasteiger partial charge in [-0.2, -0.15) is 0 Å². The lowest BCUT2D eigenvalue weighted by atomic mass is 10.2. The lowest BCUT2D eigenvalue weighted by Gasteiger charge is -2.14. The summed E-state index contributed by atoms with van der Waals surface area (Å²) in [5.41, 5.74) is 2.04. The number of carbonyl (C=O) groups is 1. The van der Waals surface area contributed by atoms with Crippen molar-refractivity contribution >= 4 is 5.97 Å². The molecule has 4 nitrogen and oxygen atoms in total. The van der Waals surface area contributed by atoms with Gasteiger partial charge in [0.1, 0.15) is 18.4 Å². The number of hydrogen-bond acceptors (Lipinski definition) is 3. The normalized spacial score (nSPS) is 11.9. The topological polar surface area (TPSA) is 58.6 Å². The van der Waals surface area contributed by atoms with E-state index >= 15 is 0 Å². The first-order valence-electron chi connectivity index (χ1n) is 6.87. The molecular weight excluding hydrogens is 266 g/mol. The van der Waals surface area contributed by atoms with Crippen LogP contribution in [0.3, 0.4) is 0 Å². The van der Waals surface area contributed by atoms with Crippen LogP contribution in [0.2, 0.25) is 0 Å². The number of benzene rings is 2. The minimum atomic E-state index is -0.863. The van der Waals surface area contributed by atoms with Crippen molar-refractivity contribution in [2.24, 2.45) is 0 Å². The monoisotopic (exact) mass is 285 g/mol. The van der Waals surface area contributed by atoms with Crippen molar-refractivity contribution < 1.29 is 14.6 Å². The fourth-order valence-electron chi connectivity index (χ4n) is 1.88. The molecule has 0 heterocycles. The third-order valence-electron chi connectivity index (χ3n) is 3.18.